The number of benzene rings is 4. The predicted molar refractivity (Wildman–Crippen MR) is 154 cm³/mol. The van der Waals surface area contributed by atoms with Crippen LogP contribution in [-0.4, -0.2) is 34.0 Å². The molecule has 0 radical (unpaired) electrons. The van der Waals surface area contributed by atoms with Crippen LogP contribution in [0.3, 0.4) is 0 Å². The zero-order valence-corrected chi connectivity index (χ0v) is 22.5. The summed E-state index contributed by atoms with van der Waals surface area (Å²) in [6.45, 7) is 3.90. The Labute approximate surface area is 235 Å². The van der Waals surface area contributed by atoms with Crippen molar-refractivity contribution in [3.63, 3.8) is 0 Å². The number of amides is 2. The molecule has 4 aromatic rings. The number of carboxylic acid groups (broad SMARTS) is 2. The second kappa shape index (κ2) is 12.3. The average molecular weight is 555 g/mol. The van der Waals surface area contributed by atoms with Gasteiger partial charge in [-0.05, 0) is 79.1 Å². The normalized spacial score (nSPS) is 11.3. The Morgan fingerprint density at radius 1 is 0.725 bits per heavy atom. The van der Waals surface area contributed by atoms with E-state index in [0.29, 0.717) is 5.69 Å². The first kappa shape index (κ1) is 28.1. The van der Waals surface area contributed by atoms with Crippen LogP contribution in [0.15, 0.2) is 95.9 Å². The molecule has 9 heteroatoms. The number of hydrogen-bond acceptors (Lipinski definition) is 5. The molecule has 0 aromatic heterocycles. The number of nitrogens with one attached hydrogen (secondary N) is 2. The van der Waals surface area contributed by atoms with Crippen molar-refractivity contribution < 1.29 is 29.4 Å². The van der Waals surface area contributed by atoms with Gasteiger partial charge in [0.25, 0.3) is 5.91 Å². The highest BCUT2D eigenvalue weighted by molar-refractivity contribution is 8.00. The van der Waals surface area contributed by atoms with Crippen LogP contribution in [0.2, 0.25) is 0 Å². The van der Waals surface area contributed by atoms with Crippen LogP contribution in [0.5, 0.6) is 0 Å². The van der Waals surface area contributed by atoms with Gasteiger partial charge in [0.1, 0.15) is 5.25 Å². The van der Waals surface area contributed by atoms with E-state index >= 15 is 0 Å². The second-order valence-electron chi connectivity index (χ2n) is 9.07. The molecule has 202 valence electrons. The topological polar surface area (TPSA) is 133 Å². The summed E-state index contributed by atoms with van der Waals surface area (Å²) < 4.78 is 0. The van der Waals surface area contributed by atoms with Gasteiger partial charge in [0, 0.05) is 16.3 Å². The summed E-state index contributed by atoms with van der Waals surface area (Å²) in [5.41, 5.74) is 3.18. The molecular weight excluding hydrogens is 528 g/mol. The van der Waals surface area contributed by atoms with Crippen molar-refractivity contribution in [2.75, 3.05) is 10.6 Å². The number of aromatic carboxylic acids is 2. The standard InChI is InChI=1S/C31H26N2O6S/c1-18-8-9-19(2)26(16-18)33-29(35)27(20-6-4-3-5-7-20)40-23-13-11-22(12-14-23)32-28(34)24-15-10-21(30(36)37)17-25(24)31(38)39/h3-17,27H,1-2H3,(H,32,34)(H,33,35)(H,36,37)(H,38,39). The third kappa shape index (κ3) is 6.75. The Kier molecular flexibility index (Phi) is 8.66. The van der Waals surface area contributed by atoms with E-state index in [1.807, 2.05) is 62.4 Å². The number of aryl methyl sites for hydroxylation is 2. The molecule has 0 bridgehead atoms. The lowest BCUT2D eigenvalue weighted by Gasteiger charge is -2.18. The molecule has 4 N–H and O–H groups in total. The smallest absolute Gasteiger partial charge is 0.336 e. The fraction of sp³-hybridized carbons (Fsp3) is 0.0968. The van der Waals surface area contributed by atoms with E-state index in [9.17, 15) is 24.3 Å². The molecule has 8 nitrogen and oxygen atoms in total. The van der Waals surface area contributed by atoms with Crippen molar-refractivity contribution in [3.05, 3.63) is 124 Å². The van der Waals surface area contributed by atoms with Gasteiger partial charge < -0.3 is 20.8 Å². The first-order valence-electron chi connectivity index (χ1n) is 12.2. The largest absolute Gasteiger partial charge is 0.478 e. The van der Waals surface area contributed by atoms with Crippen LogP contribution in [0.1, 0.15) is 53.0 Å². The number of carbonyl (C=O) groups excluding carboxylic acids is 2. The second-order valence-corrected chi connectivity index (χ2v) is 10.2. The molecule has 4 aromatic carbocycles. The zero-order chi connectivity index (χ0) is 28.8. The maximum atomic E-state index is 13.4. The zero-order valence-electron chi connectivity index (χ0n) is 21.7. The van der Waals surface area contributed by atoms with Crippen molar-refractivity contribution in [1.82, 2.24) is 0 Å². The lowest BCUT2D eigenvalue weighted by molar-refractivity contribution is -0.115. The molecule has 0 fully saturated rings. The van der Waals surface area contributed by atoms with E-state index in [2.05, 4.69) is 10.6 Å². The van der Waals surface area contributed by atoms with Crippen molar-refractivity contribution in [3.8, 4) is 0 Å². The molecule has 4 rings (SSSR count). The van der Waals surface area contributed by atoms with Crippen molar-refractivity contribution in [2.45, 2.75) is 24.0 Å². The Balaban J connectivity index is 1.52. The third-order valence-corrected chi connectivity index (χ3v) is 7.37. The molecule has 1 unspecified atom stereocenters. The van der Waals surface area contributed by atoms with Gasteiger partial charge in [-0.25, -0.2) is 9.59 Å². The quantitative estimate of drug-likeness (QED) is 0.175. The molecule has 0 aliphatic carbocycles. The molecule has 40 heavy (non-hydrogen) atoms. The van der Waals surface area contributed by atoms with Crippen LogP contribution in [0.4, 0.5) is 11.4 Å². The molecule has 0 heterocycles. The molecule has 0 saturated carbocycles. The highest BCUT2D eigenvalue weighted by Crippen LogP contribution is 2.37. The van der Waals surface area contributed by atoms with Crippen molar-refractivity contribution >= 4 is 46.9 Å². The van der Waals surface area contributed by atoms with Crippen molar-refractivity contribution in [1.29, 1.82) is 0 Å². The minimum absolute atomic E-state index is 0.164. The highest BCUT2D eigenvalue weighted by atomic mass is 32.2. The summed E-state index contributed by atoms with van der Waals surface area (Å²) in [4.78, 5) is 49.8. The highest BCUT2D eigenvalue weighted by Gasteiger charge is 2.23. The minimum Gasteiger partial charge on any atom is -0.478 e. The van der Waals surface area contributed by atoms with Crippen LogP contribution in [0, 0.1) is 13.8 Å². The molecule has 1 atom stereocenters. The fourth-order valence-electron chi connectivity index (χ4n) is 3.97. The molecule has 2 amide bonds. The van der Waals surface area contributed by atoms with Crippen LogP contribution in [-0.2, 0) is 4.79 Å². The molecular formula is C31H26N2O6S. The molecule has 0 aliphatic heterocycles. The van der Waals surface area contributed by atoms with Gasteiger partial charge >= 0.3 is 11.9 Å². The summed E-state index contributed by atoms with van der Waals surface area (Å²) in [5.74, 6) is -3.57. The number of carboxylic acids is 2. The molecule has 0 spiro atoms. The van der Waals surface area contributed by atoms with E-state index < -0.39 is 28.7 Å². The number of carbonyl (C=O) groups is 4. The monoisotopic (exact) mass is 554 g/mol. The van der Waals surface area contributed by atoms with Gasteiger partial charge in [0.05, 0.1) is 16.7 Å². The lowest BCUT2D eigenvalue weighted by atomic mass is 10.0. The number of thioether (sulfide) groups is 1. The maximum Gasteiger partial charge on any atom is 0.336 e. The van der Waals surface area contributed by atoms with Gasteiger partial charge in [-0.15, -0.1) is 11.8 Å². The van der Waals surface area contributed by atoms with Gasteiger partial charge in [0.15, 0.2) is 0 Å². The number of anilines is 2. The van der Waals surface area contributed by atoms with E-state index in [4.69, 9.17) is 5.11 Å². The Morgan fingerprint density at radius 2 is 1.43 bits per heavy atom. The fourth-order valence-corrected chi connectivity index (χ4v) is 5.00. The summed E-state index contributed by atoms with van der Waals surface area (Å²) in [6, 6.07) is 25.4. The van der Waals surface area contributed by atoms with E-state index in [1.165, 1.54) is 23.9 Å². The summed E-state index contributed by atoms with van der Waals surface area (Å²) >= 11 is 1.36. The van der Waals surface area contributed by atoms with Crippen LogP contribution in [0.25, 0.3) is 0 Å². The third-order valence-electron chi connectivity index (χ3n) is 6.10. The maximum absolute atomic E-state index is 13.4. The Bertz CT molecular complexity index is 1590. The summed E-state index contributed by atoms with van der Waals surface area (Å²) in [5, 5.41) is 23.7. The van der Waals surface area contributed by atoms with E-state index in [-0.39, 0.29) is 17.0 Å². The van der Waals surface area contributed by atoms with E-state index in [1.54, 1.807) is 24.3 Å². The molecule has 0 aliphatic rings. The van der Waals surface area contributed by atoms with Crippen LogP contribution < -0.4 is 10.6 Å². The number of rotatable bonds is 9. The lowest BCUT2D eigenvalue weighted by Crippen LogP contribution is -2.19. The Morgan fingerprint density at radius 3 is 2.08 bits per heavy atom. The first-order valence-corrected chi connectivity index (χ1v) is 13.1. The first-order chi connectivity index (χ1) is 19.1. The SMILES string of the molecule is Cc1ccc(C)c(NC(=O)C(Sc2ccc(NC(=O)c3ccc(C(=O)O)cc3C(=O)O)cc2)c2ccccc2)c1. The number of hydrogen-bond donors (Lipinski definition) is 4. The average Bonchev–Trinajstić information content (AvgIpc) is 2.94. The van der Waals surface area contributed by atoms with Crippen molar-refractivity contribution in [2.24, 2.45) is 0 Å². The van der Waals surface area contributed by atoms with Gasteiger partial charge in [0.2, 0.25) is 5.91 Å². The summed E-state index contributed by atoms with van der Waals surface area (Å²) in [6.07, 6.45) is 0. The predicted octanol–water partition coefficient (Wildman–Crippen LogP) is 6.42. The minimum atomic E-state index is -1.41. The van der Waals surface area contributed by atoms with Gasteiger partial charge in [-0.2, -0.15) is 0 Å². The van der Waals surface area contributed by atoms with Gasteiger partial charge in [-0.1, -0.05) is 42.5 Å². The van der Waals surface area contributed by atoms with Crippen LogP contribution >= 0.6 is 11.8 Å². The Hall–Kier alpha value is -4.89. The van der Waals surface area contributed by atoms with Gasteiger partial charge in [-0.3, -0.25) is 9.59 Å². The summed E-state index contributed by atoms with van der Waals surface area (Å²) in [7, 11) is 0. The molecule has 0 saturated heterocycles. The van der Waals surface area contributed by atoms with E-state index in [0.717, 1.165) is 33.3 Å².